The summed E-state index contributed by atoms with van der Waals surface area (Å²) in [5, 5.41) is 3.36. The molecule has 4 atom stereocenters. The molecule has 1 aromatic heterocycles. The van der Waals surface area contributed by atoms with E-state index in [1.807, 2.05) is 32.9 Å². The Bertz CT molecular complexity index is 1360. The van der Waals surface area contributed by atoms with Gasteiger partial charge in [0.05, 0.1) is 24.5 Å². The fraction of sp³-hybridized carbons (Fsp3) is 0.462. The van der Waals surface area contributed by atoms with Crippen LogP contribution in [0.25, 0.3) is 0 Å². The minimum atomic E-state index is -1.23. The van der Waals surface area contributed by atoms with Crippen LogP contribution in [0.5, 0.6) is 0 Å². The van der Waals surface area contributed by atoms with Crippen LogP contribution < -0.4 is 10.2 Å². The second-order valence-electron chi connectivity index (χ2n) is 10.1. The number of methoxy groups -OCH3 is 1. The lowest BCUT2D eigenvalue weighted by molar-refractivity contribution is -0.135. The van der Waals surface area contributed by atoms with Crippen molar-refractivity contribution in [2.45, 2.75) is 52.1 Å². The molecule has 0 aliphatic carbocycles. The van der Waals surface area contributed by atoms with Crippen LogP contribution in [0.2, 0.25) is 0 Å². The van der Waals surface area contributed by atoms with E-state index in [-0.39, 0.29) is 23.4 Å². The van der Waals surface area contributed by atoms with Crippen molar-refractivity contribution >= 4 is 45.7 Å². The van der Waals surface area contributed by atoms with Crippen LogP contribution in [-0.4, -0.2) is 48.3 Å². The summed E-state index contributed by atoms with van der Waals surface area (Å²) in [6.07, 6.45) is 1.60. The summed E-state index contributed by atoms with van der Waals surface area (Å²) in [7, 11) is 1.29. The van der Waals surface area contributed by atoms with E-state index in [2.05, 4.69) is 10.2 Å². The van der Waals surface area contributed by atoms with Gasteiger partial charge in [0.2, 0.25) is 17.7 Å². The van der Waals surface area contributed by atoms with E-state index in [1.54, 1.807) is 6.92 Å². The third kappa shape index (κ3) is 2.55. The summed E-state index contributed by atoms with van der Waals surface area (Å²) < 4.78 is 4.99. The first kappa shape index (κ1) is 22.4. The molecule has 1 spiro atoms. The maximum Gasteiger partial charge on any atom is 0.341 e. The number of imide groups is 1. The first-order valence-corrected chi connectivity index (χ1v) is 12.7. The first-order valence-electron chi connectivity index (χ1n) is 11.9. The van der Waals surface area contributed by atoms with Gasteiger partial charge in [-0.3, -0.25) is 19.3 Å². The Labute approximate surface area is 207 Å². The summed E-state index contributed by atoms with van der Waals surface area (Å²) in [5.41, 5.74) is 3.18. The highest BCUT2D eigenvalue weighted by Gasteiger charge is 2.75. The standard InChI is InChI=1S/C26H27N3O5S/c1-11-9-12(2)20-15(10-11)26(25(33)27-20)19-18(16-7-6-8-28(16)26)21(30)29(22(19)31)23-17(24(32)34-5)13(3)14(4)35-23/h9-10,16,18-19H,6-8H2,1-5H3,(H,27,33)/t16-,18+,19+,26-/m0/s1. The molecule has 0 saturated carbocycles. The van der Waals surface area contributed by atoms with Gasteiger partial charge in [-0.2, -0.15) is 0 Å². The van der Waals surface area contributed by atoms with Gasteiger partial charge >= 0.3 is 5.97 Å². The molecular formula is C26H27N3O5S. The maximum absolute atomic E-state index is 14.3. The molecule has 4 aliphatic heterocycles. The van der Waals surface area contributed by atoms with Gasteiger partial charge in [0, 0.05) is 22.2 Å². The predicted molar refractivity (Wildman–Crippen MR) is 131 cm³/mol. The van der Waals surface area contributed by atoms with Gasteiger partial charge in [-0.15, -0.1) is 11.3 Å². The lowest BCUT2D eigenvalue weighted by Gasteiger charge is -2.36. The number of rotatable bonds is 2. The van der Waals surface area contributed by atoms with Crippen molar-refractivity contribution in [3.05, 3.63) is 44.8 Å². The van der Waals surface area contributed by atoms with Gasteiger partial charge in [0.15, 0.2) is 0 Å². The SMILES string of the molecule is COC(=O)c1c(N2C(=O)[C@@H]3[C@@H]4CCCN4[C@]4(C(=O)Nc5c(C)cc(C)cc54)[C@H]3C2=O)sc(C)c1C. The van der Waals surface area contributed by atoms with E-state index in [0.29, 0.717) is 17.1 Å². The van der Waals surface area contributed by atoms with Crippen molar-refractivity contribution in [2.24, 2.45) is 11.8 Å². The molecule has 35 heavy (non-hydrogen) atoms. The number of carbonyl (C=O) groups is 4. The molecular weight excluding hydrogens is 466 g/mol. The van der Waals surface area contributed by atoms with E-state index in [0.717, 1.165) is 40.1 Å². The largest absolute Gasteiger partial charge is 0.465 e. The molecule has 6 rings (SSSR count). The summed E-state index contributed by atoms with van der Waals surface area (Å²) in [6, 6.07) is 3.79. The number of anilines is 2. The van der Waals surface area contributed by atoms with E-state index < -0.39 is 29.3 Å². The number of hydrogen-bond acceptors (Lipinski definition) is 7. The molecule has 9 heteroatoms. The van der Waals surface area contributed by atoms with Gasteiger partial charge in [0.1, 0.15) is 10.5 Å². The number of aryl methyl sites for hydroxylation is 3. The highest BCUT2D eigenvalue weighted by atomic mass is 32.1. The summed E-state index contributed by atoms with van der Waals surface area (Å²) in [5.74, 6) is -3.05. The van der Waals surface area contributed by atoms with Gasteiger partial charge in [-0.25, -0.2) is 9.69 Å². The topological polar surface area (TPSA) is 96.0 Å². The number of nitrogens with zero attached hydrogens (tertiary/aromatic N) is 2. The molecule has 182 valence electrons. The molecule has 0 radical (unpaired) electrons. The number of esters is 1. The van der Waals surface area contributed by atoms with Crippen LogP contribution in [0.1, 0.15) is 50.3 Å². The lowest BCUT2D eigenvalue weighted by Crippen LogP contribution is -2.54. The minimum absolute atomic E-state index is 0.206. The van der Waals surface area contributed by atoms with Gasteiger partial charge in [-0.1, -0.05) is 17.7 Å². The van der Waals surface area contributed by atoms with Crippen LogP contribution >= 0.6 is 11.3 Å². The number of ether oxygens (including phenoxy) is 1. The zero-order valence-electron chi connectivity index (χ0n) is 20.4. The predicted octanol–water partition coefficient (Wildman–Crippen LogP) is 3.20. The molecule has 3 fully saturated rings. The molecule has 0 unspecified atom stereocenters. The monoisotopic (exact) mass is 493 g/mol. The average molecular weight is 494 g/mol. The van der Waals surface area contributed by atoms with Crippen molar-refractivity contribution in [2.75, 3.05) is 23.9 Å². The summed E-state index contributed by atoms with van der Waals surface area (Å²) >= 11 is 1.24. The van der Waals surface area contributed by atoms with Crippen molar-refractivity contribution in [3.8, 4) is 0 Å². The molecule has 1 aromatic carbocycles. The van der Waals surface area contributed by atoms with E-state index in [9.17, 15) is 19.2 Å². The fourth-order valence-corrected chi connectivity index (χ4v) is 8.12. The molecule has 4 aliphatic rings. The van der Waals surface area contributed by atoms with Crippen molar-refractivity contribution in [1.29, 1.82) is 0 Å². The second-order valence-corrected chi connectivity index (χ2v) is 11.3. The smallest absolute Gasteiger partial charge is 0.341 e. The Morgan fingerprint density at radius 2 is 1.89 bits per heavy atom. The lowest BCUT2D eigenvalue weighted by atomic mass is 9.75. The number of fused-ring (bicyclic) bond motifs is 7. The Balaban J connectivity index is 1.57. The van der Waals surface area contributed by atoms with Gasteiger partial charge < -0.3 is 10.1 Å². The highest BCUT2D eigenvalue weighted by Crippen LogP contribution is 2.61. The van der Waals surface area contributed by atoms with Crippen LogP contribution in [-0.2, 0) is 24.7 Å². The molecule has 3 saturated heterocycles. The molecule has 0 bridgehead atoms. The molecule has 1 N–H and O–H groups in total. The number of nitrogens with one attached hydrogen (secondary N) is 1. The van der Waals surface area contributed by atoms with Crippen LogP contribution in [0.3, 0.4) is 0 Å². The van der Waals surface area contributed by atoms with Gasteiger partial charge in [0.25, 0.3) is 0 Å². The number of thiophene rings is 1. The van der Waals surface area contributed by atoms with Crippen LogP contribution in [0.4, 0.5) is 10.7 Å². The number of hydrogen-bond donors (Lipinski definition) is 1. The normalized spacial score (nSPS) is 29.1. The highest BCUT2D eigenvalue weighted by molar-refractivity contribution is 7.17. The Hall–Kier alpha value is -3.04. The quantitative estimate of drug-likeness (QED) is 0.510. The third-order valence-corrected chi connectivity index (χ3v) is 9.59. The number of benzene rings is 1. The third-order valence-electron chi connectivity index (χ3n) is 8.40. The molecule has 2 aromatic rings. The van der Waals surface area contributed by atoms with E-state index >= 15 is 0 Å². The van der Waals surface area contributed by atoms with E-state index in [1.165, 1.54) is 23.3 Å². The summed E-state index contributed by atoms with van der Waals surface area (Å²) in [4.78, 5) is 58.9. The summed E-state index contributed by atoms with van der Waals surface area (Å²) in [6.45, 7) is 8.23. The fourth-order valence-electron chi connectivity index (χ4n) is 6.97. The Kier molecular flexibility index (Phi) is 4.64. The molecule has 8 nitrogen and oxygen atoms in total. The Morgan fingerprint density at radius 3 is 2.60 bits per heavy atom. The minimum Gasteiger partial charge on any atom is -0.465 e. The first-order chi connectivity index (χ1) is 16.6. The van der Waals surface area contributed by atoms with E-state index in [4.69, 9.17) is 4.74 Å². The van der Waals surface area contributed by atoms with Gasteiger partial charge in [-0.05, 0) is 58.2 Å². The number of amides is 3. The zero-order valence-corrected chi connectivity index (χ0v) is 21.2. The second kappa shape index (κ2) is 7.24. The van der Waals surface area contributed by atoms with Crippen molar-refractivity contribution in [3.63, 3.8) is 0 Å². The zero-order chi connectivity index (χ0) is 25.0. The van der Waals surface area contributed by atoms with Crippen LogP contribution in [0, 0.1) is 39.5 Å². The maximum atomic E-state index is 14.3. The van der Waals surface area contributed by atoms with Crippen molar-refractivity contribution < 1.29 is 23.9 Å². The van der Waals surface area contributed by atoms with Crippen LogP contribution in [0.15, 0.2) is 12.1 Å². The Morgan fingerprint density at radius 1 is 1.14 bits per heavy atom. The molecule has 5 heterocycles. The van der Waals surface area contributed by atoms with Crippen molar-refractivity contribution in [1.82, 2.24) is 4.90 Å². The average Bonchev–Trinajstić information content (AvgIpc) is 3.56. The molecule has 3 amide bonds. The number of carbonyl (C=O) groups excluding carboxylic acids is 4.